The van der Waals surface area contributed by atoms with Crippen molar-refractivity contribution in [3.63, 3.8) is 0 Å². The van der Waals surface area contributed by atoms with Crippen LogP contribution in [0.5, 0.6) is 11.5 Å². The van der Waals surface area contributed by atoms with Crippen LogP contribution in [0.3, 0.4) is 0 Å². The number of likely N-dealkylation sites (N-methyl/N-ethyl adjacent to an activating group) is 2. The zero-order chi connectivity index (χ0) is 56.9. The Morgan fingerprint density at radius 3 is 1.27 bits per heavy atom. The van der Waals surface area contributed by atoms with Gasteiger partial charge in [-0.05, 0) is 89.4 Å². The minimum Gasteiger partial charge on any atom is -0.494 e. The third-order valence-corrected chi connectivity index (χ3v) is 14.7. The summed E-state index contributed by atoms with van der Waals surface area (Å²) in [6.07, 6.45) is 11.2. The number of hydrogen-bond acceptors (Lipinski definition) is 16. The molecular weight excluding hydrogens is 1070 g/mol. The number of ether oxygens (including phenoxy) is 2. The summed E-state index contributed by atoms with van der Waals surface area (Å²) in [5.41, 5.74) is 0.957. The van der Waals surface area contributed by atoms with Crippen molar-refractivity contribution < 1.29 is 38.2 Å². The number of nitrogens with zero attached hydrogens (tertiary/aromatic N) is 6. The fourth-order valence-corrected chi connectivity index (χ4v) is 9.82. The Balaban J connectivity index is 0.00000689. The second-order valence-corrected chi connectivity index (χ2v) is 22.6. The van der Waals surface area contributed by atoms with Gasteiger partial charge in [-0.25, -0.2) is 19.9 Å². The Kier molecular flexibility index (Phi) is 24.7. The molecule has 2 saturated heterocycles. The molecule has 2 aromatic heterocycles. The van der Waals surface area contributed by atoms with Crippen molar-refractivity contribution in [2.75, 3.05) is 75.8 Å². The van der Waals surface area contributed by atoms with E-state index in [1.165, 1.54) is 26.9 Å². The SMILES string of the molecule is CN[C@@H](C)C(=O)N[C@H](C(=O)N1CCC[C@H]1C(=O)Nc1cc2c(NCCCCCCCCNc3ncnc4cc(OC)c(NC(=O)[C@@H]5CCCN5C(=O)[C@@H](NC(=O)[C@H](C)NC)C(C)(C)C)cc34)ncnc2cc1OC)C(C)(C)C.Cl.Cl. The number of halogens is 2. The van der Waals surface area contributed by atoms with Crippen molar-refractivity contribution >= 4 is 105 Å². The van der Waals surface area contributed by atoms with E-state index >= 15 is 0 Å². The molecule has 0 radical (unpaired) electrons. The molecule has 8 N–H and O–H groups in total. The number of likely N-dealkylation sites (tertiary alicyclic amines) is 2. The quantitative estimate of drug-likeness (QED) is 0.0332. The average molecular weight is 1150 g/mol. The Bertz CT molecular complexity index is 2590. The molecule has 0 saturated carbocycles. The van der Waals surface area contributed by atoms with Crippen LogP contribution in [-0.4, -0.2) is 156 Å². The Hall–Kier alpha value is -6.36. The van der Waals surface area contributed by atoms with Crippen LogP contribution in [0.4, 0.5) is 23.0 Å². The van der Waals surface area contributed by atoms with E-state index in [9.17, 15) is 28.8 Å². The highest BCUT2D eigenvalue weighted by Gasteiger charge is 2.44. The van der Waals surface area contributed by atoms with Crippen LogP contribution in [0, 0.1) is 10.8 Å². The lowest BCUT2D eigenvalue weighted by atomic mass is 9.85. The van der Waals surface area contributed by atoms with Gasteiger partial charge in [-0.1, -0.05) is 67.2 Å². The summed E-state index contributed by atoms with van der Waals surface area (Å²) < 4.78 is 11.4. The average Bonchev–Trinajstić information content (AvgIpc) is 4.22. The van der Waals surface area contributed by atoms with Gasteiger partial charge < -0.3 is 61.8 Å². The van der Waals surface area contributed by atoms with Gasteiger partial charge in [0.25, 0.3) is 0 Å². The number of anilines is 4. The molecule has 0 aliphatic carbocycles. The van der Waals surface area contributed by atoms with Gasteiger partial charge in [0.1, 0.15) is 60.0 Å². The second kappa shape index (κ2) is 29.9. The summed E-state index contributed by atoms with van der Waals surface area (Å²) in [5, 5.41) is 26.1. The van der Waals surface area contributed by atoms with Gasteiger partial charge in [0.2, 0.25) is 35.4 Å². The maximum atomic E-state index is 14.0. The molecule has 80 heavy (non-hydrogen) atoms. The van der Waals surface area contributed by atoms with E-state index in [1.54, 1.807) is 62.0 Å². The molecule has 24 heteroatoms. The van der Waals surface area contributed by atoms with Gasteiger partial charge in [0.15, 0.2) is 0 Å². The van der Waals surface area contributed by atoms with E-state index in [0.717, 1.165) is 38.5 Å². The second-order valence-electron chi connectivity index (χ2n) is 22.6. The number of rotatable bonds is 25. The smallest absolute Gasteiger partial charge is 0.247 e. The number of methoxy groups -OCH3 is 2. The van der Waals surface area contributed by atoms with Crippen LogP contribution in [-0.2, 0) is 28.8 Å². The number of amides is 6. The van der Waals surface area contributed by atoms with Gasteiger partial charge in [0, 0.05) is 49.1 Å². The van der Waals surface area contributed by atoms with E-state index in [1.807, 2.05) is 41.5 Å². The lowest BCUT2D eigenvalue weighted by Gasteiger charge is -2.36. The van der Waals surface area contributed by atoms with E-state index in [4.69, 9.17) is 9.47 Å². The zero-order valence-electron chi connectivity index (χ0n) is 48.6. The normalized spacial score (nSPS) is 16.8. The zero-order valence-corrected chi connectivity index (χ0v) is 50.2. The monoisotopic (exact) mass is 1150 g/mol. The molecule has 4 heterocycles. The first-order chi connectivity index (χ1) is 37.1. The van der Waals surface area contributed by atoms with Crippen molar-refractivity contribution in [3.8, 4) is 11.5 Å². The number of unbranched alkanes of at least 4 members (excludes halogenated alkanes) is 5. The minimum absolute atomic E-state index is 0. The number of aromatic nitrogens is 4. The first-order valence-corrected chi connectivity index (χ1v) is 27.4. The van der Waals surface area contributed by atoms with Crippen LogP contribution in [0.25, 0.3) is 21.8 Å². The number of carbonyl (C=O) groups is 6. The summed E-state index contributed by atoms with van der Waals surface area (Å²) in [4.78, 5) is 103. The summed E-state index contributed by atoms with van der Waals surface area (Å²) >= 11 is 0. The first kappa shape index (κ1) is 66.2. The highest BCUT2D eigenvalue weighted by molar-refractivity contribution is 6.04. The number of nitrogens with one attached hydrogen (secondary N) is 8. The third-order valence-electron chi connectivity index (χ3n) is 14.7. The summed E-state index contributed by atoms with van der Waals surface area (Å²) in [6, 6.07) is 3.02. The van der Waals surface area contributed by atoms with Crippen molar-refractivity contribution in [2.24, 2.45) is 10.8 Å². The highest BCUT2D eigenvalue weighted by Crippen LogP contribution is 2.36. The molecule has 4 aromatic rings. The molecular formula is C56H86Cl2N14O8. The number of fused-ring (bicyclic) bond motifs is 2. The van der Waals surface area contributed by atoms with E-state index in [-0.39, 0.29) is 60.3 Å². The van der Waals surface area contributed by atoms with Crippen molar-refractivity contribution in [1.82, 2.24) is 51.0 Å². The summed E-state index contributed by atoms with van der Waals surface area (Å²) in [7, 11) is 6.42. The molecule has 0 bridgehead atoms. The first-order valence-electron chi connectivity index (χ1n) is 27.4. The van der Waals surface area contributed by atoms with E-state index < -0.39 is 47.1 Å². The van der Waals surface area contributed by atoms with Crippen LogP contribution in [0.15, 0.2) is 36.9 Å². The molecule has 22 nitrogen and oxygen atoms in total. The van der Waals surface area contributed by atoms with Gasteiger partial charge in [-0.15, -0.1) is 24.8 Å². The van der Waals surface area contributed by atoms with Crippen LogP contribution in [0.2, 0.25) is 0 Å². The maximum Gasteiger partial charge on any atom is 0.247 e. The van der Waals surface area contributed by atoms with E-state index in [0.29, 0.717) is 108 Å². The molecule has 2 fully saturated rings. The molecule has 2 aliphatic heterocycles. The number of carbonyl (C=O) groups excluding carboxylic acids is 6. The molecule has 2 aliphatic rings. The van der Waals surface area contributed by atoms with Crippen molar-refractivity contribution in [3.05, 3.63) is 36.9 Å². The minimum atomic E-state index is -0.829. The van der Waals surface area contributed by atoms with Crippen LogP contribution < -0.4 is 52.0 Å². The van der Waals surface area contributed by atoms with Gasteiger partial charge in [-0.3, -0.25) is 28.8 Å². The lowest BCUT2D eigenvalue weighted by molar-refractivity contribution is -0.143. The largest absolute Gasteiger partial charge is 0.494 e. The Labute approximate surface area is 483 Å². The summed E-state index contributed by atoms with van der Waals surface area (Å²) in [6.45, 7) is 17.0. The molecule has 0 spiro atoms. The van der Waals surface area contributed by atoms with Crippen molar-refractivity contribution in [2.45, 2.75) is 156 Å². The Morgan fingerprint density at radius 2 is 0.938 bits per heavy atom. The predicted molar refractivity (Wildman–Crippen MR) is 318 cm³/mol. The highest BCUT2D eigenvalue weighted by atomic mass is 35.5. The van der Waals surface area contributed by atoms with E-state index in [2.05, 4.69) is 62.5 Å². The fraction of sp³-hybridized carbons (Fsp3) is 0.607. The Morgan fingerprint density at radius 1 is 0.575 bits per heavy atom. The van der Waals surface area contributed by atoms with Gasteiger partial charge in [0.05, 0.1) is 48.7 Å². The van der Waals surface area contributed by atoms with Gasteiger partial charge in [-0.2, -0.15) is 0 Å². The number of hydrogen-bond donors (Lipinski definition) is 8. The standard InChI is InChI=1S/C56H84N14O8.2ClH/c1-33(57-9)49(71)67-45(55(3,4)5)53(75)69-25-19-21-41(69)51(73)65-39-27-35-37(29-43(39)77-11)61-31-63-47(35)59-23-17-15-13-14-16-18-24-60-48-36-28-40(44(78-12)30-38(36)62-32-64-48)66-52(74)42-22-20-26-70(42)54(76)46(56(6,7)8)68-50(72)34(2)58-10;;/h27-34,41-42,45-46,57-58H,13-26H2,1-12H3,(H,65,73)(H,66,74)(H,67,71)(H,68,72)(H,59,61,63)(H,60,62,64);2*1H/t33-,34-,41-,42-,45+,46+;;/m0../s1. The van der Waals surface area contributed by atoms with Crippen LogP contribution in [0.1, 0.15) is 120 Å². The molecule has 6 amide bonds. The molecule has 6 rings (SSSR count). The molecule has 2 aromatic carbocycles. The molecule has 0 unspecified atom stereocenters. The maximum absolute atomic E-state index is 14.0. The summed E-state index contributed by atoms with van der Waals surface area (Å²) in [5.74, 6) is 0.244. The van der Waals surface area contributed by atoms with Gasteiger partial charge >= 0.3 is 0 Å². The lowest BCUT2D eigenvalue weighted by Crippen LogP contribution is -2.59. The van der Waals surface area contributed by atoms with Crippen LogP contribution >= 0.6 is 24.8 Å². The van der Waals surface area contributed by atoms with Crippen molar-refractivity contribution in [1.29, 1.82) is 0 Å². The molecule has 6 atom stereocenters. The topological polar surface area (TPSA) is 275 Å². The third kappa shape index (κ3) is 16.6. The fourth-order valence-electron chi connectivity index (χ4n) is 9.82. The molecule has 442 valence electrons. The predicted octanol–water partition coefficient (Wildman–Crippen LogP) is 6.44. The number of benzene rings is 2.